The molecule has 4 rings (SSSR count). The van der Waals surface area contributed by atoms with Crippen LogP contribution in [-0.4, -0.2) is 52.8 Å². The summed E-state index contributed by atoms with van der Waals surface area (Å²) in [6, 6.07) is 15.5. The number of carbonyl (C=O) groups is 1. The SMILES string of the molecule is CCCCc1nc(=O)c(C(=O)N2CCC(c3ccccc3)CC2)c(O)n1-c1c(OC)cccc1OC. The number of amides is 1. The molecule has 1 aliphatic rings. The van der Waals surface area contributed by atoms with Gasteiger partial charge in [-0.2, -0.15) is 4.98 Å². The van der Waals surface area contributed by atoms with Gasteiger partial charge in [0.05, 0.1) is 14.2 Å². The number of carbonyl (C=O) groups excluding carboxylic acids is 1. The Labute approximate surface area is 211 Å². The Balaban J connectivity index is 1.74. The number of likely N-dealkylation sites (tertiary alicyclic amines) is 1. The minimum atomic E-state index is -0.723. The number of piperidine rings is 1. The summed E-state index contributed by atoms with van der Waals surface area (Å²) in [7, 11) is 3.03. The minimum Gasteiger partial charge on any atom is -0.494 e. The van der Waals surface area contributed by atoms with Gasteiger partial charge in [-0.1, -0.05) is 49.7 Å². The monoisotopic (exact) mass is 491 g/mol. The highest BCUT2D eigenvalue weighted by atomic mass is 16.5. The van der Waals surface area contributed by atoms with E-state index in [9.17, 15) is 14.7 Å². The fourth-order valence-corrected chi connectivity index (χ4v) is 4.83. The van der Waals surface area contributed by atoms with E-state index >= 15 is 0 Å². The molecule has 0 aliphatic carbocycles. The first-order valence-electron chi connectivity index (χ1n) is 12.4. The van der Waals surface area contributed by atoms with E-state index in [1.165, 1.54) is 24.4 Å². The fraction of sp³-hybridized carbons (Fsp3) is 0.393. The van der Waals surface area contributed by atoms with Crippen molar-refractivity contribution in [3.05, 3.63) is 75.8 Å². The smallest absolute Gasteiger partial charge is 0.289 e. The second-order valence-electron chi connectivity index (χ2n) is 8.96. The molecule has 0 radical (unpaired) electrons. The molecule has 0 bridgehead atoms. The van der Waals surface area contributed by atoms with Crippen molar-refractivity contribution in [2.75, 3.05) is 27.3 Å². The molecular weight excluding hydrogens is 458 g/mol. The lowest BCUT2D eigenvalue weighted by Crippen LogP contribution is -2.41. The van der Waals surface area contributed by atoms with Crippen LogP contribution in [0.25, 0.3) is 5.69 Å². The molecule has 36 heavy (non-hydrogen) atoms. The van der Waals surface area contributed by atoms with Crippen molar-refractivity contribution in [1.29, 1.82) is 0 Å². The molecule has 0 atom stereocenters. The summed E-state index contributed by atoms with van der Waals surface area (Å²) in [5.74, 6) is 0.597. The van der Waals surface area contributed by atoms with E-state index in [0.717, 1.165) is 25.7 Å². The van der Waals surface area contributed by atoms with E-state index < -0.39 is 17.3 Å². The molecular formula is C28H33N3O5. The van der Waals surface area contributed by atoms with Crippen LogP contribution >= 0.6 is 0 Å². The van der Waals surface area contributed by atoms with Crippen LogP contribution in [0.4, 0.5) is 0 Å². The van der Waals surface area contributed by atoms with Crippen molar-refractivity contribution in [3.63, 3.8) is 0 Å². The van der Waals surface area contributed by atoms with Crippen molar-refractivity contribution in [1.82, 2.24) is 14.5 Å². The molecule has 1 amide bonds. The van der Waals surface area contributed by atoms with E-state index in [-0.39, 0.29) is 5.56 Å². The Morgan fingerprint density at radius 1 is 1.03 bits per heavy atom. The lowest BCUT2D eigenvalue weighted by Gasteiger charge is -2.32. The third kappa shape index (κ3) is 4.94. The number of hydrogen-bond donors (Lipinski definition) is 1. The minimum absolute atomic E-state index is 0.332. The van der Waals surface area contributed by atoms with E-state index in [1.807, 2.05) is 25.1 Å². The summed E-state index contributed by atoms with van der Waals surface area (Å²) in [6.07, 6.45) is 3.64. The molecule has 2 heterocycles. The average molecular weight is 492 g/mol. The van der Waals surface area contributed by atoms with Gasteiger partial charge in [0.1, 0.15) is 23.0 Å². The highest BCUT2D eigenvalue weighted by Gasteiger charge is 2.31. The Hall–Kier alpha value is -3.81. The van der Waals surface area contributed by atoms with Crippen molar-refractivity contribution in [2.24, 2.45) is 0 Å². The van der Waals surface area contributed by atoms with Gasteiger partial charge in [-0.15, -0.1) is 0 Å². The summed E-state index contributed by atoms with van der Waals surface area (Å²) in [5, 5.41) is 11.4. The second kappa shape index (κ2) is 11.3. The summed E-state index contributed by atoms with van der Waals surface area (Å²) in [4.78, 5) is 32.5. The molecule has 1 saturated heterocycles. The predicted octanol–water partition coefficient (Wildman–Crippen LogP) is 4.32. The molecule has 1 aromatic heterocycles. The molecule has 1 aliphatic heterocycles. The molecule has 8 heteroatoms. The van der Waals surface area contributed by atoms with Crippen LogP contribution < -0.4 is 15.0 Å². The van der Waals surface area contributed by atoms with Gasteiger partial charge in [0, 0.05) is 19.5 Å². The average Bonchev–Trinajstić information content (AvgIpc) is 2.92. The Kier molecular flexibility index (Phi) is 7.93. The van der Waals surface area contributed by atoms with Gasteiger partial charge in [-0.3, -0.25) is 14.2 Å². The molecule has 1 N–H and O–H groups in total. The second-order valence-corrected chi connectivity index (χ2v) is 8.96. The fourth-order valence-electron chi connectivity index (χ4n) is 4.83. The Morgan fingerprint density at radius 2 is 1.67 bits per heavy atom. The van der Waals surface area contributed by atoms with Crippen molar-refractivity contribution in [3.8, 4) is 23.1 Å². The van der Waals surface area contributed by atoms with Gasteiger partial charge >= 0.3 is 0 Å². The van der Waals surface area contributed by atoms with Crippen molar-refractivity contribution < 1.29 is 19.4 Å². The summed E-state index contributed by atoms with van der Waals surface area (Å²) >= 11 is 0. The number of aromatic hydroxyl groups is 1. The molecule has 8 nitrogen and oxygen atoms in total. The highest BCUT2D eigenvalue weighted by Crippen LogP contribution is 2.37. The van der Waals surface area contributed by atoms with Crippen LogP contribution in [0, 0.1) is 0 Å². The maximum absolute atomic E-state index is 13.6. The molecule has 0 unspecified atom stereocenters. The van der Waals surface area contributed by atoms with Crippen molar-refractivity contribution >= 4 is 5.91 Å². The van der Waals surface area contributed by atoms with Crippen LogP contribution in [0.2, 0.25) is 0 Å². The van der Waals surface area contributed by atoms with Gasteiger partial charge in [-0.05, 0) is 42.9 Å². The van der Waals surface area contributed by atoms with Gasteiger partial charge < -0.3 is 19.5 Å². The number of benzene rings is 2. The normalized spacial score (nSPS) is 14.0. The van der Waals surface area contributed by atoms with Crippen LogP contribution in [0.1, 0.15) is 60.3 Å². The van der Waals surface area contributed by atoms with Gasteiger partial charge in [0.15, 0.2) is 5.56 Å². The molecule has 0 spiro atoms. The number of unbranched alkanes of at least 4 members (excludes halogenated alkanes) is 1. The molecule has 2 aromatic carbocycles. The van der Waals surface area contributed by atoms with Crippen LogP contribution in [0.5, 0.6) is 17.4 Å². The van der Waals surface area contributed by atoms with E-state index in [2.05, 4.69) is 17.1 Å². The number of nitrogens with zero attached hydrogens (tertiary/aromatic N) is 3. The van der Waals surface area contributed by atoms with Crippen LogP contribution in [0.3, 0.4) is 0 Å². The zero-order chi connectivity index (χ0) is 25.7. The molecule has 0 saturated carbocycles. The van der Waals surface area contributed by atoms with Crippen molar-refractivity contribution in [2.45, 2.75) is 44.9 Å². The van der Waals surface area contributed by atoms with Gasteiger partial charge in [0.25, 0.3) is 11.5 Å². The summed E-state index contributed by atoms with van der Waals surface area (Å²) < 4.78 is 12.5. The maximum Gasteiger partial charge on any atom is 0.289 e. The third-order valence-electron chi connectivity index (χ3n) is 6.78. The number of para-hydroxylation sites is 1. The van der Waals surface area contributed by atoms with E-state index in [0.29, 0.717) is 48.4 Å². The first-order chi connectivity index (χ1) is 17.5. The summed E-state index contributed by atoms with van der Waals surface area (Å²) in [6.45, 7) is 3.02. The zero-order valence-electron chi connectivity index (χ0n) is 21.1. The van der Waals surface area contributed by atoms with Crippen LogP contribution in [0.15, 0.2) is 53.3 Å². The molecule has 190 valence electrons. The predicted molar refractivity (Wildman–Crippen MR) is 138 cm³/mol. The van der Waals surface area contributed by atoms with Gasteiger partial charge in [0.2, 0.25) is 5.88 Å². The number of aryl methyl sites for hydroxylation is 1. The molecule has 1 fully saturated rings. The number of aromatic nitrogens is 2. The highest BCUT2D eigenvalue weighted by molar-refractivity contribution is 5.96. The first kappa shape index (κ1) is 25.3. The quantitative estimate of drug-likeness (QED) is 0.505. The van der Waals surface area contributed by atoms with E-state index in [1.54, 1.807) is 23.1 Å². The lowest BCUT2D eigenvalue weighted by atomic mass is 9.89. The number of methoxy groups -OCH3 is 2. The standard InChI is InChI=1S/C28H33N3O5/c1-4-5-14-23-29-26(32)24(28(34)31(23)25-21(35-2)12-9-13-22(25)36-3)27(33)30-17-15-20(16-18-30)19-10-7-6-8-11-19/h6-13,20,34H,4-5,14-18H2,1-3H3. The lowest BCUT2D eigenvalue weighted by molar-refractivity contribution is 0.0706. The largest absolute Gasteiger partial charge is 0.494 e. The number of ether oxygens (including phenoxy) is 2. The van der Waals surface area contributed by atoms with Gasteiger partial charge in [-0.25, -0.2) is 0 Å². The summed E-state index contributed by atoms with van der Waals surface area (Å²) in [5.41, 5.74) is 0.593. The topological polar surface area (TPSA) is 93.9 Å². The van der Waals surface area contributed by atoms with Crippen LogP contribution in [-0.2, 0) is 6.42 Å². The zero-order valence-corrected chi connectivity index (χ0v) is 21.1. The third-order valence-corrected chi connectivity index (χ3v) is 6.78. The first-order valence-corrected chi connectivity index (χ1v) is 12.4. The maximum atomic E-state index is 13.6. The number of rotatable bonds is 8. The molecule has 3 aromatic rings. The number of hydrogen-bond acceptors (Lipinski definition) is 6. The Bertz CT molecular complexity index is 1240. The Morgan fingerprint density at radius 3 is 2.25 bits per heavy atom. The van der Waals surface area contributed by atoms with E-state index in [4.69, 9.17) is 9.47 Å².